The molecule has 30 heavy (non-hydrogen) atoms. The van der Waals surface area contributed by atoms with E-state index in [1.54, 1.807) is 19.9 Å². The van der Waals surface area contributed by atoms with Gasteiger partial charge >= 0.3 is 0 Å². The molecule has 4 heteroatoms. The van der Waals surface area contributed by atoms with Crippen LogP contribution in [-0.2, 0) is 11.2 Å². The van der Waals surface area contributed by atoms with Gasteiger partial charge in [0.25, 0.3) is 0 Å². The van der Waals surface area contributed by atoms with E-state index < -0.39 is 11.2 Å². The van der Waals surface area contributed by atoms with Crippen LogP contribution in [-0.4, -0.2) is 15.4 Å². The van der Waals surface area contributed by atoms with Crippen LogP contribution in [0.15, 0.2) is 10.6 Å². The Morgan fingerprint density at radius 3 is 2.47 bits per heavy atom. The molecule has 4 aliphatic rings. The summed E-state index contributed by atoms with van der Waals surface area (Å²) in [6, 6.07) is 1.81. The first-order valence-corrected chi connectivity index (χ1v) is 12.4. The number of hydrogen-bond donors (Lipinski definition) is 2. The number of aromatic nitrogens is 1. The van der Waals surface area contributed by atoms with Gasteiger partial charge in [-0.1, -0.05) is 32.3 Å². The monoisotopic (exact) mass is 415 g/mol. The normalized spacial score (nSPS) is 48.7. The SMILES string of the molecule is CC1CC[C@@]2(C)C(CC[C@@H]3[C@H]2CC[C@@]2(C)[C@H]3CCC2(O)c2cc(C(C)(C)O)on2)C1. The largest absolute Gasteiger partial charge is 0.383 e. The lowest BCUT2D eigenvalue weighted by Gasteiger charge is -2.61. The Bertz CT molecular complexity index is 811. The lowest BCUT2D eigenvalue weighted by molar-refractivity contribution is -0.159. The number of nitrogens with zero attached hydrogens (tertiary/aromatic N) is 1. The van der Waals surface area contributed by atoms with Crippen molar-refractivity contribution in [1.82, 2.24) is 5.16 Å². The van der Waals surface area contributed by atoms with Crippen LogP contribution in [0.3, 0.4) is 0 Å². The lowest BCUT2D eigenvalue weighted by Crippen LogP contribution is -2.55. The number of hydrogen-bond acceptors (Lipinski definition) is 4. The van der Waals surface area contributed by atoms with E-state index >= 15 is 0 Å². The van der Waals surface area contributed by atoms with Crippen LogP contribution in [0.25, 0.3) is 0 Å². The van der Waals surface area contributed by atoms with Crippen LogP contribution in [0.4, 0.5) is 0 Å². The summed E-state index contributed by atoms with van der Waals surface area (Å²) in [5.41, 5.74) is -1.06. The molecule has 4 aliphatic carbocycles. The van der Waals surface area contributed by atoms with Gasteiger partial charge in [-0.15, -0.1) is 0 Å². The average molecular weight is 416 g/mol. The van der Waals surface area contributed by atoms with Gasteiger partial charge < -0.3 is 14.7 Å². The lowest BCUT2D eigenvalue weighted by atomic mass is 9.44. The third-order valence-electron chi connectivity index (χ3n) is 10.6. The maximum Gasteiger partial charge on any atom is 0.168 e. The molecule has 0 saturated heterocycles. The Balaban J connectivity index is 1.45. The second-order valence-electron chi connectivity index (χ2n) is 12.5. The fourth-order valence-electron chi connectivity index (χ4n) is 8.67. The highest BCUT2D eigenvalue weighted by Gasteiger charge is 2.65. The summed E-state index contributed by atoms with van der Waals surface area (Å²) < 4.78 is 5.47. The van der Waals surface area contributed by atoms with Crippen LogP contribution in [0.1, 0.15) is 104 Å². The van der Waals surface area contributed by atoms with Gasteiger partial charge in [0, 0.05) is 11.5 Å². The van der Waals surface area contributed by atoms with Crippen LogP contribution in [0.2, 0.25) is 0 Å². The molecule has 0 aliphatic heterocycles. The highest BCUT2D eigenvalue weighted by Crippen LogP contribution is 2.70. The summed E-state index contributed by atoms with van der Waals surface area (Å²) in [6.45, 7) is 10.8. The Morgan fingerprint density at radius 2 is 1.77 bits per heavy atom. The molecule has 0 spiro atoms. The first-order valence-electron chi connectivity index (χ1n) is 12.4. The minimum absolute atomic E-state index is 0.160. The molecule has 0 radical (unpaired) electrons. The Kier molecular flexibility index (Phi) is 4.60. The van der Waals surface area contributed by atoms with Gasteiger partial charge in [-0.25, -0.2) is 0 Å². The van der Waals surface area contributed by atoms with E-state index in [4.69, 9.17) is 4.52 Å². The second-order valence-corrected chi connectivity index (χ2v) is 12.5. The molecule has 2 N–H and O–H groups in total. The van der Waals surface area contributed by atoms with Crippen molar-refractivity contribution >= 4 is 0 Å². The van der Waals surface area contributed by atoms with Crippen molar-refractivity contribution in [3.63, 3.8) is 0 Å². The van der Waals surface area contributed by atoms with Gasteiger partial charge in [0.05, 0.1) is 0 Å². The number of rotatable bonds is 2. The third kappa shape index (κ3) is 2.75. The molecular formula is C26H41NO3. The molecule has 0 amide bonds. The van der Waals surface area contributed by atoms with E-state index in [0.717, 1.165) is 42.9 Å². The van der Waals surface area contributed by atoms with E-state index in [1.165, 1.54) is 38.5 Å². The summed E-state index contributed by atoms with van der Waals surface area (Å²) in [6.07, 6.45) is 11.1. The minimum Gasteiger partial charge on any atom is -0.383 e. The van der Waals surface area contributed by atoms with Gasteiger partial charge in [0.2, 0.25) is 0 Å². The van der Waals surface area contributed by atoms with Crippen LogP contribution in [0, 0.1) is 40.4 Å². The molecule has 0 bridgehead atoms. The summed E-state index contributed by atoms with van der Waals surface area (Å²) in [7, 11) is 0. The average Bonchev–Trinajstić information content (AvgIpc) is 3.27. The van der Waals surface area contributed by atoms with E-state index in [-0.39, 0.29) is 5.41 Å². The molecule has 4 fully saturated rings. The van der Waals surface area contributed by atoms with Crippen molar-refractivity contribution in [2.24, 2.45) is 40.4 Å². The van der Waals surface area contributed by atoms with Crippen molar-refractivity contribution in [2.75, 3.05) is 0 Å². The fraction of sp³-hybridized carbons (Fsp3) is 0.885. The molecule has 1 aromatic heterocycles. The topological polar surface area (TPSA) is 66.5 Å². The first-order chi connectivity index (χ1) is 14.0. The Morgan fingerprint density at radius 1 is 1.03 bits per heavy atom. The van der Waals surface area contributed by atoms with Crippen molar-refractivity contribution in [3.05, 3.63) is 17.5 Å². The molecule has 4 nitrogen and oxygen atoms in total. The number of fused-ring (bicyclic) bond motifs is 5. The zero-order valence-electron chi connectivity index (χ0n) is 19.6. The van der Waals surface area contributed by atoms with Crippen LogP contribution >= 0.6 is 0 Å². The minimum atomic E-state index is -1.08. The predicted octanol–water partition coefficient (Wildman–Crippen LogP) is 5.77. The zero-order valence-corrected chi connectivity index (χ0v) is 19.6. The van der Waals surface area contributed by atoms with Crippen molar-refractivity contribution < 1.29 is 14.7 Å². The fourth-order valence-corrected chi connectivity index (χ4v) is 8.67. The van der Waals surface area contributed by atoms with Gasteiger partial charge in [0.15, 0.2) is 5.76 Å². The predicted molar refractivity (Wildman–Crippen MR) is 117 cm³/mol. The van der Waals surface area contributed by atoms with Crippen LogP contribution in [0.5, 0.6) is 0 Å². The smallest absolute Gasteiger partial charge is 0.168 e. The quantitative estimate of drug-likeness (QED) is 0.643. The Labute approximate surface area is 181 Å². The van der Waals surface area contributed by atoms with E-state index in [2.05, 4.69) is 25.9 Å². The van der Waals surface area contributed by atoms with Crippen molar-refractivity contribution in [2.45, 2.75) is 104 Å². The first kappa shape index (κ1) is 21.0. The molecule has 1 aromatic rings. The molecule has 168 valence electrons. The highest BCUT2D eigenvalue weighted by atomic mass is 16.5. The maximum atomic E-state index is 12.0. The maximum absolute atomic E-state index is 12.0. The van der Waals surface area contributed by atoms with Gasteiger partial charge in [-0.05, 0) is 100 Å². The van der Waals surface area contributed by atoms with Gasteiger partial charge in [-0.2, -0.15) is 0 Å². The van der Waals surface area contributed by atoms with Crippen LogP contribution < -0.4 is 0 Å². The zero-order chi connectivity index (χ0) is 21.5. The Hall–Kier alpha value is -0.870. The van der Waals surface area contributed by atoms with Gasteiger partial charge in [0.1, 0.15) is 16.9 Å². The molecule has 8 atom stereocenters. The van der Waals surface area contributed by atoms with E-state index in [9.17, 15) is 10.2 Å². The van der Waals surface area contributed by atoms with Crippen molar-refractivity contribution in [1.29, 1.82) is 0 Å². The summed E-state index contributed by atoms with van der Waals surface area (Å²) in [5.74, 6) is 4.33. The molecule has 5 rings (SSSR count). The molecule has 0 aromatic carbocycles. The molecule has 1 heterocycles. The third-order valence-corrected chi connectivity index (χ3v) is 10.6. The summed E-state index contributed by atoms with van der Waals surface area (Å²) in [5, 5.41) is 26.6. The second kappa shape index (κ2) is 6.57. The van der Waals surface area contributed by atoms with Gasteiger partial charge in [-0.3, -0.25) is 0 Å². The van der Waals surface area contributed by atoms with Crippen molar-refractivity contribution in [3.8, 4) is 0 Å². The molecule has 4 saturated carbocycles. The van der Waals surface area contributed by atoms with E-state index in [1.807, 2.05) is 0 Å². The summed E-state index contributed by atoms with van der Waals surface area (Å²) >= 11 is 0. The molecular weight excluding hydrogens is 374 g/mol. The summed E-state index contributed by atoms with van der Waals surface area (Å²) in [4.78, 5) is 0. The standard InChI is InChI=1S/C26H41NO3/c1-16-8-11-24(4)17(14-16)6-7-18-19(24)9-12-25(5)20(18)10-13-26(25,29)21-15-22(30-27-21)23(2,3)28/h15-20,28-29H,6-14H2,1-5H3/t16?,17?,18-,19-,20+,24+,25+,26?/m1/s1. The number of aliphatic hydroxyl groups is 2. The molecule has 3 unspecified atom stereocenters. The highest BCUT2D eigenvalue weighted by molar-refractivity contribution is 5.25. The van der Waals surface area contributed by atoms with E-state index in [0.29, 0.717) is 22.8 Å².